The number of piperidine rings is 1. The molecule has 5 heteroatoms. The van der Waals surface area contributed by atoms with Crippen LogP contribution in [0.1, 0.15) is 30.4 Å². The molecule has 2 amide bonds. The fourth-order valence-electron chi connectivity index (χ4n) is 2.53. The van der Waals surface area contributed by atoms with E-state index >= 15 is 0 Å². The second kappa shape index (κ2) is 6.41. The second-order valence-corrected chi connectivity index (χ2v) is 5.19. The molecular formula is C15H20N2O3. The van der Waals surface area contributed by atoms with Crippen LogP contribution in [-0.4, -0.2) is 34.6 Å². The monoisotopic (exact) mass is 276 g/mol. The molecule has 0 aromatic heterocycles. The van der Waals surface area contributed by atoms with E-state index < -0.39 is 12.0 Å². The van der Waals surface area contributed by atoms with E-state index in [0.29, 0.717) is 19.5 Å². The summed E-state index contributed by atoms with van der Waals surface area (Å²) in [6, 6.07) is 6.90. The van der Waals surface area contributed by atoms with Crippen LogP contribution in [0.25, 0.3) is 0 Å². The van der Waals surface area contributed by atoms with Gasteiger partial charge in [0.05, 0.1) is 0 Å². The molecule has 1 aliphatic rings. The summed E-state index contributed by atoms with van der Waals surface area (Å²) < 4.78 is 0. The first-order valence-electron chi connectivity index (χ1n) is 6.91. The number of hydrogen-bond acceptors (Lipinski definition) is 2. The molecule has 1 unspecified atom stereocenters. The van der Waals surface area contributed by atoms with Crippen molar-refractivity contribution in [3.05, 3.63) is 35.4 Å². The van der Waals surface area contributed by atoms with Crippen molar-refractivity contribution in [2.24, 2.45) is 0 Å². The average molecular weight is 276 g/mol. The second-order valence-electron chi connectivity index (χ2n) is 5.19. The molecule has 0 saturated carbocycles. The summed E-state index contributed by atoms with van der Waals surface area (Å²) in [6.07, 6.45) is 2.26. The standard InChI is InChI=1S/C15H20N2O3/c1-11-5-4-6-12(9-11)10-16-15(20)17-8-3-2-7-13(17)14(18)19/h4-6,9,13H,2-3,7-8,10H2,1H3,(H,16,20)(H,18,19). The Morgan fingerprint density at radius 3 is 2.90 bits per heavy atom. The molecule has 1 heterocycles. The lowest BCUT2D eigenvalue weighted by molar-refractivity contribution is -0.143. The van der Waals surface area contributed by atoms with Crippen LogP contribution in [0.3, 0.4) is 0 Å². The normalized spacial score (nSPS) is 18.6. The van der Waals surface area contributed by atoms with Gasteiger partial charge in [0.15, 0.2) is 0 Å². The lowest BCUT2D eigenvalue weighted by Gasteiger charge is -2.32. The number of benzene rings is 1. The predicted molar refractivity (Wildman–Crippen MR) is 75.4 cm³/mol. The minimum Gasteiger partial charge on any atom is -0.480 e. The maximum Gasteiger partial charge on any atom is 0.326 e. The lowest BCUT2D eigenvalue weighted by atomic mass is 10.0. The van der Waals surface area contributed by atoms with Gasteiger partial charge in [-0.05, 0) is 31.7 Å². The van der Waals surface area contributed by atoms with Crippen molar-refractivity contribution in [1.82, 2.24) is 10.2 Å². The highest BCUT2D eigenvalue weighted by atomic mass is 16.4. The molecule has 1 atom stereocenters. The Morgan fingerprint density at radius 2 is 2.20 bits per heavy atom. The molecular weight excluding hydrogens is 256 g/mol. The number of amides is 2. The van der Waals surface area contributed by atoms with Gasteiger partial charge in [0.2, 0.25) is 0 Å². The van der Waals surface area contributed by atoms with Crippen LogP contribution in [0.5, 0.6) is 0 Å². The number of carbonyl (C=O) groups is 2. The summed E-state index contributed by atoms with van der Waals surface area (Å²) in [5.41, 5.74) is 2.15. The molecule has 1 saturated heterocycles. The van der Waals surface area contributed by atoms with Gasteiger partial charge in [0.25, 0.3) is 0 Å². The van der Waals surface area contributed by atoms with Gasteiger partial charge in [-0.15, -0.1) is 0 Å². The number of aryl methyl sites for hydroxylation is 1. The van der Waals surface area contributed by atoms with Crippen molar-refractivity contribution in [1.29, 1.82) is 0 Å². The van der Waals surface area contributed by atoms with E-state index in [4.69, 9.17) is 5.11 Å². The van der Waals surface area contributed by atoms with Crippen molar-refractivity contribution in [3.8, 4) is 0 Å². The van der Waals surface area contributed by atoms with E-state index in [2.05, 4.69) is 5.32 Å². The first kappa shape index (κ1) is 14.4. The van der Waals surface area contributed by atoms with Crippen LogP contribution in [0.15, 0.2) is 24.3 Å². The Balaban J connectivity index is 1.95. The number of carbonyl (C=O) groups excluding carboxylic acids is 1. The zero-order valence-corrected chi connectivity index (χ0v) is 11.6. The Labute approximate surface area is 118 Å². The molecule has 1 aromatic carbocycles. The maximum absolute atomic E-state index is 12.1. The van der Waals surface area contributed by atoms with E-state index in [9.17, 15) is 9.59 Å². The summed E-state index contributed by atoms with van der Waals surface area (Å²) in [6.45, 7) is 2.93. The maximum atomic E-state index is 12.1. The predicted octanol–water partition coefficient (Wildman–Crippen LogP) is 2.14. The molecule has 2 N–H and O–H groups in total. The number of aliphatic carboxylic acids is 1. The van der Waals surface area contributed by atoms with Crippen molar-refractivity contribution in [3.63, 3.8) is 0 Å². The van der Waals surface area contributed by atoms with E-state index in [-0.39, 0.29) is 6.03 Å². The minimum absolute atomic E-state index is 0.293. The van der Waals surface area contributed by atoms with E-state index in [1.54, 1.807) is 0 Å². The molecule has 1 fully saturated rings. The SMILES string of the molecule is Cc1cccc(CNC(=O)N2CCCCC2C(=O)O)c1. The molecule has 1 aliphatic heterocycles. The Kier molecular flexibility index (Phi) is 4.61. The number of nitrogens with zero attached hydrogens (tertiary/aromatic N) is 1. The van der Waals surface area contributed by atoms with Gasteiger partial charge in [0.1, 0.15) is 6.04 Å². The fraction of sp³-hybridized carbons (Fsp3) is 0.467. The fourth-order valence-corrected chi connectivity index (χ4v) is 2.53. The van der Waals surface area contributed by atoms with Crippen molar-refractivity contribution in [2.75, 3.05) is 6.54 Å². The van der Waals surface area contributed by atoms with Gasteiger partial charge in [-0.1, -0.05) is 29.8 Å². The number of carboxylic acid groups (broad SMARTS) is 1. The summed E-state index contributed by atoms with van der Waals surface area (Å²) in [5, 5.41) is 12.0. The molecule has 1 aromatic rings. The topological polar surface area (TPSA) is 69.6 Å². The zero-order chi connectivity index (χ0) is 14.5. The minimum atomic E-state index is -0.921. The summed E-state index contributed by atoms with van der Waals surface area (Å²) >= 11 is 0. The molecule has 2 rings (SSSR count). The molecule has 20 heavy (non-hydrogen) atoms. The number of urea groups is 1. The lowest BCUT2D eigenvalue weighted by Crippen LogP contribution is -2.51. The molecule has 0 spiro atoms. The largest absolute Gasteiger partial charge is 0.480 e. The van der Waals surface area contributed by atoms with E-state index in [1.165, 1.54) is 4.90 Å². The highest BCUT2D eigenvalue weighted by Crippen LogP contribution is 2.17. The smallest absolute Gasteiger partial charge is 0.326 e. The Bertz CT molecular complexity index is 502. The first-order chi connectivity index (χ1) is 9.58. The average Bonchev–Trinajstić information content (AvgIpc) is 2.45. The van der Waals surface area contributed by atoms with Gasteiger partial charge >= 0.3 is 12.0 Å². The summed E-state index contributed by atoms with van der Waals surface area (Å²) in [4.78, 5) is 24.7. The van der Waals surface area contributed by atoms with Crippen molar-refractivity contribution in [2.45, 2.75) is 38.8 Å². The van der Waals surface area contributed by atoms with Crippen LogP contribution in [-0.2, 0) is 11.3 Å². The van der Waals surface area contributed by atoms with Crippen LogP contribution < -0.4 is 5.32 Å². The zero-order valence-electron chi connectivity index (χ0n) is 11.6. The van der Waals surface area contributed by atoms with Crippen molar-refractivity contribution < 1.29 is 14.7 Å². The highest BCUT2D eigenvalue weighted by Gasteiger charge is 2.31. The molecule has 0 bridgehead atoms. The van der Waals surface area contributed by atoms with Crippen LogP contribution in [0.2, 0.25) is 0 Å². The quantitative estimate of drug-likeness (QED) is 0.888. The number of rotatable bonds is 3. The van der Waals surface area contributed by atoms with Crippen LogP contribution in [0.4, 0.5) is 4.79 Å². The third-order valence-electron chi connectivity index (χ3n) is 3.57. The van der Waals surface area contributed by atoms with Gasteiger partial charge in [-0.2, -0.15) is 0 Å². The molecule has 0 aliphatic carbocycles. The van der Waals surface area contributed by atoms with Crippen LogP contribution >= 0.6 is 0 Å². The number of nitrogens with one attached hydrogen (secondary N) is 1. The molecule has 108 valence electrons. The number of carboxylic acids is 1. The highest BCUT2D eigenvalue weighted by molar-refractivity contribution is 5.82. The van der Waals surface area contributed by atoms with E-state index in [1.807, 2.05) is 31.2 Å². The van der Waals surface area contributed by atoms with Crippen LogP contribution in [0, 0.1) is 6.92 Å². The van der Waals surface area contributed by atoms with Gasteiger partial charge in [-0.3, -0.25) is 0 Å². The summed E-state index contributed by atoms with van der Waals surface area (Å²) in [5.74, 6) is -0.921. The first-order valence-corrected chi connectivity index (χ1v) is 6.91. The Hall–Kier alpha value is -2.04. The third kappa shape index (κ3) is 3.50. The molecule has 5 nitrogen and oxygen atoms in total. The summed E-state index contributed by atoms with van der Waals surface area (Å²) in [7, 11) is 0. The number of likely N-dealkylation sites (tertiary alicyclic amines) is 1. The van der Waals surface area contributed by atoms with Gasteiger partial charge < -0.3 is 15.3 Å². The van der Waals surface area contributed by atoms with Gasteiger partial charge in [-0.25, -0.2) is 9.59 Å². The number of hydrogen-bond donors (Lipinski definition) is 2. The molecule has 0 radical (unpaired) electrons. The van der Waals surface area contributed by atoms with Gasteiger partial charge in [0, 0.05) is 13.1 Å². The van der Waals surface area contributed by atoms with E-state index in [0.717, 1.165) is 24.0 Å². The Morgan fingerprint density at radius 1 is 1.40 bits per heavy atom. The third-order valence-corrected chi connectivity index (χ3v) is 3.57. The van der Waals surface area contributed by atoms with Crippen molar-refractivity contribution >= 4 is 12.0 Å².